The van der Waals surface area contributed by atoms with E-state index >= 15 is 0 Å². The van der Waals surface area contributed by atoms with Gasteiger partial charge in [0.05, 0.1) is 12.4 Å². The highest BCUT2D eigenvalue weighted by atomic mass is 16.5. The Morgan fingerprint density at radius 1 is 1.00 bits per heavy atom. The Balaban J connectivity index is 1.74. The van der Waals surface area contributed by atoms with Crippen molar-refractivity contribution in [2.24, 2.45) is 0 Å². The SMILES string of the molecule is Cc1cccc(C(=O)Nc2cccc(Oc3cncnc3)c2)c1. The number of carbonyl (C=O) groups is 1. The number of aryl methyl sites for hydroxylation is 1. The summed E-state index contributed by atoms with van der Waals surface area (Å²) in [4.78, 5) is 20.1. The highest BCUT2D eigenvalue weighted by molar-refractivity contribution is 6.04. The fourth-order valence-corrected chi connectivity index (χ4v) is 2.10. The summed E-state index contributed by atoms with van der Waals surface area (Å²) >= 11 is 0. The highest BCUT2D eigenvalue weighted by Crippen LogP contribution is 2.23. The molecule has 1 amide bonds. The largest absolute Gasteiger partial charge is 0.454 e. The molecule has 0 bridgehead atoms. The molecule has 2 aromatic carbocycles. The number of benzene rings is 2. The number of nitrogens with zero attached hydrogens (tertiary/aromatic N) is 2. The van der Waals surface area contributed by atoms with E-state index < -0.39 is 0 Å². The van der Waals surface area contributed by atoms with Gasteiger partial charge in [-0.2, -0.15) is 0 Å². The van der Waals surface area contributed by atoms with Crippen molar-refractivity contribution in [2.75, 3.05) is 5.32 Å². The third kappa shape index (κ3) is 3.91. The number of aromatic nitrogens is 2. The van der Waals surface area contributed by atoms with Crippen LogP contribution in [-0.2, 0) is 0 Å². The molecule has 1 aromatic heterocycles. The number of nitrogens with one attached hydrogen (secondary N) is 1. The molecular weight excluding hydrogens is 290 g/mol. The minimum Gasteiger partial charge on any atom is -0.454 e. The zero-order valence-electron chi connectivity index (χ0n) is 12.6. The molecule has 5 nitrogen and oxygen atoms in total. The highest BCUT2D eigenvalue weighted by Gasteiger charge is 2.07. The zero-order valence-corrected chi connectivity index (χ0v) is 12.6. The van der Waals surface area contributed by atoms with Gasteiger partial charge in [-0.05, 0) is 31.2 Å². The number of amides is 1. The van der Waals surface area contributed by atoms with Crippen LogP contribution in [0.2, 0.25) is 0 Å². The van der Waals surface area contributed by atoms with Crippen molar-refractivity contribution in [2.45, 2.75) is 6.92 Å². The van der Waals surface area contributed by atoms with Crippen molar-refractivity contribution in [1.82, 2.24) is 9.97 Å². The summed E-state index contributed by atoms with van der Waals surface area (Å²) in [6.07, 6.45) is 4.58. The average Bonchev–Trinajstić information content (AvgIpc) is 2.56. The molecule has 0 aliphatic rings. The molecule has 3 rings (SSSR count). The van der Waals surface area contributed by atoms with Crippen LogP contribution in [0.3, 0.4) is 0 Å². The van der Waals surface area contributed by atoms with Gasteiger partial charge in [0.2, 0.25) is 0 Å². The van der Waals surface area contributed by atoms with Crippen LogP contribution in [0.1, 0.15) is 15.9 Å². The van der Waals surface area contributed by atoms with Crippen molar-refractivity contribution >= 4 is 11.6 Å². The smallest absolute Gasteiger partial charge is 0.255 e. The molecule has 3 aromatic rings. The van der Waals surface area contributed by atoms with Gasteiger partial charge in [0, 0.05) is 17.3 Å². The lowest BCUT2D eigenvalue weighted by Crippen LogP contribution is -2.11. The van der Waals surface area contributed by atoms with Crippen LogP contribution in [0.5, 0.6) is 11.5 Å². The van der Waals surface area contributed by atoms with Crippen LogP contribution in [-0.4, -0.2) is 15.9 Å². The molecule has 1 heterocycles. The maximum Gasteiger partial charge on any atom is 0.255 e. The van der Waals surface area contributed by atoms with E-state index in [0.29, 0.717) is 22.7 Å². The lowest BCUT2D eigenvalue weighted by molar-refractivity contribution is 0.102. The van der Waals surface area contributed by atoms with E-state index in [1.807, 2.05) is 37.3 Å². The fraction of sp³-hybridized carbons (Fsp3) is 0.0556. The molecular formula is C18H15N3O2. The van der Waals surface area contributed by atoms with E-state index in [9.17, 15) is 4.79 Å². The monoisotopic (exact) mass is 305 g/mol. The van der Waals surface area contributed by atoms with Gasteiger partial charge in [-0.3, -0.25) is 4.79 Å². The number of hydrogen-bond acceptors (Lipinski definition) is 4. The van der Waals surface area contributed by atoms with Gasteiger partial charge in [0.15, 0.2) is 5.75 Å². The lowest BCUT2D eigenvalue weighted by Gasteiger charge is -2.09. The van der Waals surface area contributed by atoms with E-state index in [0.717, 1.165) is 5.56 Å². The normalized spacial score (nSPS) is 10.1. The Kier molecular flexibility index (Phi) is 4.29. The van der Waals surface area contributed by atoms with Gasteiger partial charge >= 0.3 is 0 Å². The molecule has 0 saturated heterocycles. The van der Waals surface area contributed by atoms with E-state index in [4.69, 9.17) is 4.74 Å². The van der Waals surface area contributed by atoms with Crippen molar-refractivity contribution in [3.8, 4) is 11.5 Å². The van der Waals surface area contributed by atoms with Crippen molar-refractivity contribution in [1.29, 1.82) is 0 Å². The van der Waals surface area contributed by atoms with Gasteiger partial charge in [0.25, 0.3) is 5.91 Å². The predicted octanol–water partition coefficient (Wildman–Crippen LogP) is 3.83. The molecule has 23 heavy (non-hydrogen) atoms. The van der Waals surface area contributed by atoms with E-state index in [-0.39, 0.29) is 5.91 Å². The fourth-order valence-electron chi connectivity index (χ4n) is 2.10. The van der Waals surface area contributed by atoms with Crippen LogP contribution in [0.25, 0.3) is 0 Å². The molecule has 0 radical (unpaired) electrons. The molecule has 0 fully saturated rings. The Morgan fingerprint density at radius 2 is 1.78 bits per heavy atom. The third-order valence-electron chi connectivity index (χ3n) is 3.14. The summed E-state index contributed by atoms with van der Waals surface area (Å²) in [5.74, 6) is 0.977. The molecule has 0 aliphatic carbocycles. The quantitative estimate of drug-likeness (QED) is 0.795. The first-order valence-electron chi connectivity index (χ1n) is 7.12. The van der Waals surface area contributed by atoms with Crippen LogP contribution in [0, 0.1) is 6.92 Å². The topological polar surface area (TPSA) is 64.1 Å². The molecule has 0 atom stereocenters. The maximum absolute atomic E-state index is 12.3. The molecule has 5 heteroatoms. The second-order valence-corrected chi connectivity index (χ2v) is 5.03. The first-order chi connectivity index (χ1) is 11.2. The molecule has 0 aliphatic heterocycles. The number of carbonyl (C=O) groups excluding carboxylic acids is 1. The predicted molar refractivity (Wildman–Crippen MR) is 87.7 cm³/mol. The minimum absolute atomic E-state index is 0.158. The number of hydrogen-bond donors (Lipinski definition) is 1. The standard InChI is InChI=1S/C18H15N3O2/c1-13-4-2-5-14(8-13)18(22)21-15-6-3-7-16(9-15)23-17-10-19-12-20-11-17/h2-12H,1H3,(H,21,22). The van der Waals surface area contributed by atoms with Crippen LogP contribution >= 0.6 is 0 Å². The molecule has 114 valence electrons. The molecule has 1 N–H and O–H groups in total. The van der Waals surface area contributed by atoms with Crippen molar-refractivity contribution in [3.05, 3.63) is 78.4 Å². The Bertz CT molecular complexity index is 819. The minimum atomic E-state index is -0.158. The van der Waals surface area contributed by atoms with Gasteiger partial charge in [-0.1, -0.05) is 23.8 Å². The van der Waals surface area contributed by atoms with E-state index in [1.54, 1.807) is 30.6 Å². The molecule has 0 saturated carbocycles. The first kappa shape index (κ1) is 14.7. The Labute approximate surface area is 134 Å². The summed E-state index contributed by atoms with van der Waals surface area (Å²) in [6.45, 7) is 1.95. The van der Waals surface area contributed by atoms with Gasteiger partial charge in [-0.25, -0.2) is 9.97 Å². The van der Waals surface area contributed by atoms with Crippen LogP contribution < -0.4 is 10.1 Å². The first-order valence-corrected chi connectivity index (χ1v) is 7.12. The lowest BCUT2D eigenvalue weighted by atomic mass is 10.1. The van der Waals surface area contributed by atoms with Crippen LogP contribution in [0.4, 0.5) is 5.69 Å². The van der Waals surface area contributed by atoms with Crippen molar-refractivity contribution < 1.29 is 9.53 Å². The summed E-state index contributed by atoms with van der Waals surface area (Å²) in [6, 6.07) is 14.6. The van der Waals surface area contributed by atoms with E-state index in [1.165, 1.54) is 6.33 Å². The number of ether oxygens (including phenoxy) is 1. The van der Waals surface area contributed by atoms with Crippen LogP contribution in [0.15, 0.2) is 67.3 Å². The second-order valence-electron chi connectivity index (χ2n) is 5.03. The Hall–Kier alpha value is -3.21. The van der Waals surface area contributed by atoms with Gasteiger partial charge in [0.1, 0.15) is 12.1 Å². The number of rotatable bonds is 4. The summed E-state index contributed by atoms with van der Waals surface area (Å²) < 4.78 is 5.65. The van der Waals surface area contributed by atoms with E-state index in [2.05, 4.69) is 15.3 Å². The third-order valence-corrected chi connectivity index (χ3v) is 3.14. The number of anilines is 1. The average molecular weight is 305 g/mol. The second kappa shape index (κ2) is 6.70. The van der Waals surface area contributed by atoms with Gasteiger partial charge in [-0.15, -0.1) is 0 Å². The molecule has 0 spiro atoms. The summed E-state index contributed by atoms with van der Waals surface area (Å²) in [5, 5.41) is 2.86. The Morgan fingerprint density at radius 3 is 2.57 bits per heavy atom. The summed E-state index contributed by atoms with van der Waals surface area (Å²) in [5.41, 5.74) is 2.32. The van der Waals surface area contributed by atoms with Crippen molar-refractivity contribution in [3.63, 3.8) is 0 Å². The summed E-state index contributed by atoms with van der Waals surface area (Å²) in [7, 11) is 0. The zero-order chi connectivity index (χ0) is 16.1. The molecule has 0 unspecified atom stereocenters. The maximum atomic E-state index is 12.3. The van der Waals surface area contributed by atoms with Gasteiger partial charge < -0.3 is 10.1 Å².